The van der Waals surface area contributed by atoms with Crippen molar-refractivity contribution in [3.8, 4) is 0 Å². The van der Waals surface area contributed by atoms with Gasteiger partial charge in [0, 0.05) is 24.2 Å². The first-order valence-electron chi connectivity index (χ1n) is 7.59. The van der Waals surface area contributed by atoms with Gasteiger partial charge in [-0.15, -0.1) is 0 Å². The van der Waals surface area contributed by atoms with Gasteiger partial charge in [-0.3, -0.25) is 9.59 Å². The summed E-state index contributed by atoms with van der Waals surface area (Å²) in [6, 6.07) is 10.4. The van der Waals surface area contributed by atoms with Gasteiger partial charge in [-0.25, -0.2) is 0 Å². The molecule has 6 heteroatoms. The van der Waals surface area contributed by atoms with Crippen molar-refractivity contribution < 1.29 is 9.59 Å². The number of hydrogen-bond donors (Lipinski definition) is 3. The van der Waals surface area contributed by atoms with Crippen LogP contribution < -0.4 is 16.4 Å². The summed E-state index contributed by atoms with van der Waals surface area (Å²) in [5, 5.41) is 5.88. The fourth-order valence-electron chi connectivity index (χ4n) is 2.13. The summed E-state index contributed by atoms with van der Waals surface area (Å²) in [7, 11) is 0. The van der Waals surface area contributed by atoms with Gasteiger partial charge in [0.25, 0.3) is 5.91 Å². The SMILES string of the molecule is Cc1ccc(C(=O)Nc2ccc(Cl)c(NC(=O)CCN)c2)cc1C. The molecule has 2 aromatic rings. The topological polar surface area (TPSA) is 84.2 Å². The van der Waals surface area contributed by atoms with Crippen molar-refractivity contribution in [2.45, 2.75) is 20.3 Å². The summed E-state index contributed by atoms with van der Waals surface area (Å²) < 4.78 is 0. The van der Waals surface area contributed by atoms with E-state index in [1.54, 1.807) is 24.3 Å². The number of rotatable bonds is 5. The third kappa shape index (κ3) is 4.57. The Kier molecular flexibility index (Phi) is 5.95. The smallest absolute Gasteiger partial charge is 0.255 e. The Morgan fingerprint density at radius 3 is 2.46 bits per heavy atom. The van der Waals surface area contributed by atoms with Gasteiger partial charge in [0.15, 0.2) is 0 Å². The van der Waals surface area contributed by atoms with E-state index >= 15 is 0 Å². The molecule has 2 amide bonds. The number of carbonyl (C=O) groups excluding carboxylic acids is 2. The number of benzene rings is 2. The summed E-state index contributed by atoms with van der Waals surface area (Å²) in [6.45, 7) is 4.21. The van der Waals surface area contributed by atoms with Crippen molar-refractivity contribution in [1.29, 1.82) is 0 Å². The van der Waals surface area contributed by atoms with Gasteiger partial charge >= 0.3 is 0 Å². The molecule has 0 aliphatic carbocycles. The van der Waals surface area contributed by atoms with Gasteiger partial charge in [0.05, 0.1) is 10.7 Å². The molecule has 4 N–H and O–H groups in total. The first-order chi connectivity index (χ1) is 11.4. The number of aryl methyl sites for hydroxylation is 2. The highest BCUT2D eigenvalue weighted by atomic mass is 35.5. The third-order valence-electron chi connectivity index (χ3n) is 3.64. The molecule has 0 atom stereocenters. The van der Waals surface area contributed by atoms with E-state index in [0.29, 0.717) is 22.0 Å². The minimum Gasteiger partial charge on any atom is -0.330 e. The molecule has 0 aliphatic heterocycles. The van der Waals surface area contributed by atoms with Gasteiger partial charge in [0.2, 0.25) is 5.91 Å². The zero-order valence-corrected chi connectivity index (χ0v) is 14.4. The molecule has 0 heterocycles. The molecule has 0 saturated carbocycles. The van der Waals surface area contributed by atoms with E-state index in [2.05, 4.69) is 10.6 Å². The highest BCUT2D eigenvalue weighted by Crippen LogP contribution is 2.26. The minimum absolute atomic E-state index is 0.204. The fraction of sp³-hybridized carbons (Fsp3) is 0.222. The zero-order valence-electron chi connectivity index (χ0n) is 13.7. The predicted octanol–water partition coefficient (Wildman–Crippen LogP) is 3.50. The van der Waals surface area contributed by atoms with Crippen LogP contribution in [0.4, 0.5) is 11.4 Å². The average molecular weight is 346 g/mol. The molecule has 0 bridgehead atoms. The Labute approximate surface area is 146 Å². The highest BCUT2D eigenvalue weighted by molar-refractivity contribution is 6.33. The molecule has 0 fully saturated rings. The van der Waals surface area contributed by atoms with Crippen LogP contribution in [0.1, 0.15) is 27.9 Å². The molecular weight excluding hydrogens is 326 g/mol. The van der Waals surface area contributed by atoms with Crippen LogP contribution in [0, 0.1) is 13.8 Å². The number of anilines is 2. The molecule has 126 valence electrons. The Bertz CT molecular complexity index is 775. The Morgan fingerprint density at radius 1 is 1.04 bits per heavy atom. The maximum Gasteiger partial charge on any atom is 0.255 e. The quantitative estimate of drug-likeness (QED) is 0.775. The lowest BCUT2D eigenvalue weighted by Gasteiger charge is -2.11. The molecular formula is C18H20ClN3O2. The largest absolute Gasteiger partial charge is 0.330 e. The molecule has 0 aliphatic rings. The van der Waals surface area contributed by atoms with Crippen LogP contribution in [0.25, 0.3) is 0 Å². The number of hydrogen-bond acceptors (Lipinski definition) is 3. The van der Waals surface area contributed by atoms with Crippen molar-refractivity contribution >= 4 is 34.8 Å². The Morgan fingerprint density at radius 2 is 1.79 bits per heavy atom. The van der Waals surface area contributed by atoms with E-state index in [4.69, 9.17) is 17.3 Å². The molecule has 0 spiro atoms. The predicted molar refractivity (Wildman–Crippen MR) is 97.6 cm³/mol. The first-order valence-corrected chi connectivity index (χ1v) is 7.96. The molecule has 0 unspecified atom stereocenters. The molecule has 0 saturated heterocycles. The summed E-state index contributed by atoms with van der Waals surface area (Å²) in [5.41, 5.74) is 9.09. The first kappa shape index (κ1) is 18.0. The van der Waals surface area contributed by atoms with Gasteiger partial charge in [-0.2, -0.15) is 0 Å². The normalized spacial score (nSPS) is 10.3. The maximum atomic E-state index is 12.4. The number of amides is 2. The number of halogens is 1. The fourth-order valence-corrected chi connectivity index (χ4v) is 2.29. The van der Waals surface area contributed by atoms with Crippen LogP contribution in [-0.2, 0) is 4.79 Å². The Hall–Kier alpha value is -2.37. The van der Waals surface area contributed by atoms with Crippen LogP contribution in [-0.4, -0.2) is 18.4 Å². The van der Waals surface area contributed by atoms with Crippen LogP contribution in [0.5, 0.6) is 0 Å². The second kappa shape index (κ2) is 7.95. The number of carbonyl (C=O) groups is 2. The molecule has 0 radical (unpaired) electrons. The van der Waals surface area contributed by atoms with Gasteiger partial charge in [-0.1, -0.05) is 17.7 Å². The summed E-state index contributed by atoms with van der Waals surface area (Å²) in [6.07, 6.45) is 0.204. The van der Waals surface area contributed by atoms with Crippen molar-refractivity contribution in [1.82, 2.24) is 0 Å². The van der Waals surface area contributed by atoms with E-state index in [1.807, 2.05) is 26.0 Å². The standard InChI is InChI=1S/C18H20ClN3O2/c1-11-3-4-13(9-12(11)2)18(24)21-14-5-6-15(19)16(10-14)22-17(23)7-8-20/h3-6,9-10H,7-8,20H2,1-2H3,(H,21,24)(H,22,23). The van der Waals surface area contributed by atoms with Crippen molar-refractivity contribution in [2.75, 3.05) is 17.2 Å². The van der Waals surface area contributed by atoms with E-state index in [9.17, 15) is 9.59 Å². The molecule has 2 aromatic carbocycles. The second-order valence-electron chi connectivity index (χ2n) is 5.53. The number of nitrogens with one attached hydrogen (secondary N) is 2. The zero-order chi connectivity index (χ0) is 17.7. The van der Waals surface area contributed by atoms with Crippen molar-refractivity contribution in [3.05, 3.63) is 58.1 Å². The monoisotopic (exact) mass is 345 g/mol. The third-order valence-corrected chi connectivity index (χ3v) is 3.97. The summed E-state index contributed by atoms with van der Waals surface area (Å²) >= 11 is 6.07. The number of nitrogens with two attached hydrogens (primary N) is 1. The van der Waals surface area contributed by atoms with Crippen LogP contribution in [0.3, 0.4) is 0 Å². The lowest BCUT2D eigenvalue weighted by Crippen LogP contribution is -2.17. The molecule has 2 rings (SSSR count). The lowest BCUT2D eigenvalue weighted by molar-refractivity contribution is -0.116. The molecule has 24 heavy (non-hydrogen) atoms. The van der Waals surface area contributed by atoms with Gasteiger partial charge in [-0.05, 0) is 55.3 Å². The van der Waals surface area contributed by atoms with E-state index in [-0.39, 0.29) is 24.8 Å². The summed E-state index contributed by atoms with van der Waals surface area (Å²) in [4.78, 5) is 24.0. The van der Waals surface area contributed by atoms with E-state index in [0.717, 1.165) is 11.1 Å². The highest BCUT2D eigenvalue weighted by Gasteiger charge is 2.10. The maximum absolute atomic E-state index is 12.4. The van der Waals surface area contributed by atoms with Crippen LogP contribution >= 0.6 is 11.6 Å². The average Bonchev–Trinajstić information content (AvgIpc) is 2.53. The van der Waals surface area contributed by atoms with Crippen LogP contribution in [0.15, 0.2) is 36.4 Å². The van der Waals surface area contributed by atoms with Gasteiger partial charge in [0.1, 0.15) is 0 Å². The van der Waals surface area contributed by atoms with Crippen LogP contribution in [0.2, 0.25) is 5.02 Å². The minimum atomic E-state index is -0.225. The lowest BCUT2D eigenvalue weighted by atomic mass is 10.1. The molecule has 0 aromatic heterocycles. The van der Waals surface area contributed by atoms with E-state index < -0.39 is 0 Å². The van der Waals surface area contributed by atoms with Crippen molar-refractivity contribution in [2.24, 2.45) is 5.73 Å². The summed E-state index contributed by atoms with van der Waals surface area (Å²) in [5.74, 6) is -0.448. The van der Waals surface area contributed by atoms with Crippen molar-refractivity contribution in [3.63, 3.8) is 0 Å². The van der Waals surface area contributed by atoms with Gasteiger partial charge < -0.3 is 16.4 Å². The molecule has 5 nitrogen and oxygen atoms in total. The Balaban J connectivity index is 2.15. The second-order valence-corrected chi connectivity index (χ2v) is 5.94. The van der Waals surface area contributed by atoms with E-state index in [1.165, 1.54) is 0 Å².